The zero-order valence-electron chi connectivity index (χ0n) is 11.6. The quantitative estimate of drug-likeness (QED) is 0.771. The van der Waals surface area contributed by atoms with E-state index in [1.807, 2.05) is 7.05 Å². The van der Waals surface area contributed by atoms with Crippen LogP contribution in [0.15, 0.2) is 0 Å². The number of nitriles is 1. The average molecular weight is 237 g/mol. The first-order valence-electron chi connectivity index (χ1n) is 6.99. The van der Waals surface area contributed by atoms with Crippen molar-refractivity contribution >= 4 is 0 Å². The smallest absolute Gasteiger partial charge is 0.0962 e. The lowest BCUT2D eigenvalue weighted by molar-refractivity contribution is 0.0938. The van der Waals surface area contributed by atoms with Crippen molar-refractivity contribution in [2.45, 2.75) is 52.0 Å². The van der Waals surface area contributed by atoms with Gasteiger partial charge in [-0.05, 0) is 44.8 Å². The molecule has 0 saturated carbocycles. The van der Waals surface area contributed by atoms with Gasteiger partial charge in [0.15, 0.2) is 0 Å². The number of piperidine rings is 1. The second kappa shape index (κ2) is 6.98. The van der Waals surface area contributed by atoms with Crippen LogP contribution in [0.1, 0.15) is 46.0 Å². The third-order valence-electron chi connectivity index (χ3n) is 4.66. The van der Waals surface area contributed by atoms with Crippen molar-refractivity contribution in [1.82, 2.24) is 10.2 Å². The Morgan fingerprint density at radius 2 is 1.88 bits per heavy atom. The molecule has 1 unspecified atom stereocenters. The number of nitrogens with zero attached hydrogens (tertiary/aromatic N) is 2. The molecule has 0 aromatic carbocycles. The van der Waals surface area contributed by atoms with E-state index in [-0.39, 0.29) is 6.04 Å². The Kier molecular flexibility index (Phi) is 5.94. The molecule has 0 aromatic rings. The first-order chi connectivity index (χ1) is 8.19. The van der Waals surface area contributed by atoms with Crippen molar-refractivity contribution in [1.29, 1.82) is 5.26 Å². The Hall–Kier alpha value is -0.590. The minimum Gasteiger partial charge on any atom is -0.305 e. The summed E-state index contributed by atoms with van der Waals surface area (Å²) in [5, 5.41) is 11.9. The van der Waals surface area contributed by atoms with E-state index >= 15 is 0 Å². The van der Waals surface area contributed by atoms with E-state index in [1.165, 1.54) is 38.8 Å². The Morgan fingerprint density at radius 1 is 1.29 bits per heavy atom. The standard InChI is InChI=1S/C14H27N3/c1-4-14(5-2)7-10-17(11-8-14)9-6-13(12-15)16-3/h13,16H,4-11H2,1-3H3. The summed E-state index contributed by atoms with van der Waals surface area (Å²) >= 11 is 0. The molecule has 17 heavy (non-hydrogen) atoms. The van der Waals surface area contributed by atoms with Gasteiger partial charge >= 0.3 is 0 Å². The van der Waals surface area contributed by atoms with Gasteiger partial charge in [-0.2, -0.15) is 5.26 Å². The SMILES string of the molecule is CCC1(CC)CCN(CCC(C#N)NC)CC1. The van der Waals surface area contributed by atoms with Crippen molar-refractivity contribution in [3.63, 3.8) is 0 Å². The minimum absolute atomic E-state index is 0.0130. The Labute approximate surface area is 106 Å². The highest BCUT2D eigenvalue weighted by Gasteiger charge is 2.30. The third kappa shape index (κ3) is 3.97. The fourth-order valence-corrected chi connectivity index (χ4v) is 2.79. The lowest BCUT2D eigenvalue weighted by Gasteiger charge is -2.41. The van der Waals surface area contributed by atoms with E-state index in [1.54, 1.807) is 0 Å². The first kappa shape index (κ1) is 14.5. The molecule has 0 bridgehead atoms. The number of hydrogen-bond donors (Lipinski definition) is 1. The highest BCUT2D eigenvalue weighted by molar-refractivity contribution is 4.90. The summed E-state index contributed by atoms with van der Waals surface area (Å²) in [7, 11) is 1.86. The molecule has 1 atom stereocenters. The van der Waals surface area contributed by atoms with Crippen molar-refractivity contribution in [2.24, 2.45) is 5.41 Å². The molecule has 0 aromatic heterocycles. The maximum absolute atomic E-state index is 8.88. The predicted octanol–water partition coefficient (Wildman–Crippen LogP) is 2.39. The van der Waals surface area contributed by atoms with Gasteiger partial charge in [-0.25, -0.2) is 0 Å². The first-order valence-corrected chi connectivity index (χ1v) is 6.99. The van der Waals surface area contributed by atoms with Gasteiger partial charge in [0.2, 0.25) is 0 Å². The monoisotopic (exact) mass is 237 g/mol. The molecule has 3 heteroatoms. The number of hydrogen-bond acceptors (Lipinski definition) is 3. The van der Waals surface area contributed by atoms with E-state index in [2.05, 4.69) is 30.1 Å². The maximum atomic E-state index is 8.88. The molecule has 1 aliphatic heterocycles. The van der Waals surface area contributed by atoms with Gasteiger partial charge in [0.05, 0.1) is 12.1 Å². The van der Waals surface area contributed by atoms with Crippen LogP contribution < -0.4 is 5.32 Å². The number of nitrogens with one attached hydrogen (secondary N) is 1. The van der Waals surface area contributed by atoms with Crippen molar-refractivity contribution in [2.75, 3.05) is 26.7 Å². The van der Waals surface area contributed by atoms with Gasteiger partial charge < -0.3 is 10.2 Å². The summed E-state index contributed by atoms with van der Waals surface area (Å²) < 4.78 is 0. The third-order valence-corrected chi connectivity index (χ3v) is 4.66. The topological polar surface area (TPSA) is 39.1 Å². The molecule has 1 N–H and O–H groups in total. The minimum atomic E-state index is 0.0130. The molecular formula is C14H27N3. The van der Waals surface area contributed by atoms with Gasteiger partial charge in [0.1, 0.15) is 0 Å². The van der Waals surface area contributed by atoms with Crippen LogP contribution in [0.25, 0.3) is 0 Å². The molecule has 0 spiro atoms. The van der Waals surface area contributed by atoms with Crippen LogP contribution in [-0.4, -0.2) is 37.6 Å². The molecule has 1 rings (SSSR count). The highest BCUT2D eigenvalue weighted by atomic mass is 15.1. The van der Waals surface area contributed by atoms with Crippen LogP contribution in [0, 0.1) is 16.7 Å². The molecule has 0 radical (unpaired) electrons. The van der Waals surface area contributed by atoms with E-state index in [0.717, 1.165) is 13.0 Å². The second-order valence-corrected chi connectivity index (χ2v) is 5.31. The maximum Gasteiger partial charge on any atom is 0.0962 e. The van der Waals surface area contributed by atoms with Gasteiger partial charge in [0.25, 0.3) is 0 Å². The average Bonchev–Trinajstić information content (AvgIpc) is 2.41. The van der Waals surface area contributed by atoms with Gasteiger partial charge in [-0.1, -0.05) is 26.7 Å². The van der Waals surface area contributed by atoms with Crippen LogP contribution in [-0.2, 0) is 0 Å². The van der Waals surface area contributed by atoms with Gasteiger partial charge in [-0.3, -0.25) is 0 Å². The Balaban J connectivity index is 2.30. The van der Waals surface area contributed by atoms with Gasteiger partial charge in [-0.15, -0.1) is 0 Å². The summed E-state index contributed by atoms with van der Waals surface area (Å²) in [5.41, 5.74) is 0.605. The van der Waals surface area contributed by atoms with E-state index < -0.39 is 0 Å². The van der Waals surface area contributed by atoms with Crippen LogP contribution in [0.5, 0.6) is 0 Å². The predicted molar refractivity (Wildman–Crippen MR) is 71.8 cm³/mol. The number of rotatable bonds is 6. The Morgan fingerprint density at radius 3 is 2.29 bits per heavy atom. The zero-order chi connectivity index (χ0) is 12.7. The normalized spacial score (nSPS) is 22.0. The van der Waals surface area contributed by atoms with E-state index in [9.17, 15) is 0 Å². The van der Waals surface area contributed by atoms with Crippen LogP contribution in [0.3, 0.4) is 0 Å². The van der Waals surface area contributed by atoms with Crippen LogP contribution in [0.4, 0.5) is 0 Å². The summed E-state index contributed by atoms with van der Waals surface area (Å²) in [6.45, 7) is 8.13. The molecule has 1 heterocycles. The molecule has 0 aliphatic carbocycles. The number of likely N-dealkylation sites (tertiary alicyclic amines) is 1. The summed E-state index contributed by atoms with van der Waals surface area (Å²) in [4.78, 5) is 2.52. The molecule has 1 saturated heterocycles. The van der Waals surface area contributed by atoms with Crippen LogP contribution in [0.2, 0.25) is 0 Å². The van der Waals surface area contributed by atoms with Crippen LogP contribution >= 0.6 is 0 Å². The molecule has 1 fully saturated rings. The second-order valence-electron chi connectivity index (χ2n) is 5.31. The molecule has 0 amide bonds. The Bertz CT molecular complexity index is 243. The van der Waals surface area contributed by atoms with Gasteiger partial charge in [0, 0.05) is 6.54 Å². The highest BCUT2D eigenvalue weighted by Crippen LogP contribution is 2.37. The van der Waals surface area contributed by atoms with Crippen molar-refractivity contribution in [3.8, 4) is 6.07 Å². The molecular weight excluding hydrogens is 210 g/mol. The zero-order valence-corrected chi connectivity index (χ0v) is 11.6. The summed E-state index contributed by atoms with van der Waals surface area (Å²) in [6.07, 6.45) is 6.23. The fourth-order valence-electron chi connectivity index (χ4n) is 2.79. The van der Waals surface area contributed by atoms with E-state index in [4.69, 9.17) is 5.26 Å². The molecule has 1 aliphatic rings. The van der Waals surface area contributed by atoms with E-state index in [0.29, 0.717) is 5.41 Å². The molecule has 98 valence electrons. The lowest BCUT2D eigenvalue weighted by Crippen LogP contribution is -2.41. The fraction of sp³-hybridized carbons (Fsp3) is 0.929. The van der Waals surface area contributed by atoms with Crippen molar-refractivity contribution in [3.05, 3.63) is 0 Å². The summed E-state index contributed by atoms with van der Waals surface area (Å²) in [6, 6.07) is 2.31. The summed E-state index contributed by atoms with van der Waals surface area (Å²) in [5.74, 6) is 0. The molecule has 3 nitrogen and oxygen atoms in total. The van der Waals surface area contributed by atoms with Crippen molar-refractivity contribution < 1.29 is 0 Å². The largest absolute Gasteiger partial charge is 0.305 e. The lowest BCUT2D eigenvalue weighted by atomic mass is 9.74.